The van der Waals surface area contributed by atoms with Crippen molar-refractivity contribution in [2.45, 2.75) is 44.2 Å². The molecule has 2 saturated heterocycles. The summed E-state index contributed by atoms with van der Waals surface area (Å²) in [7, 11) is 1.52. The summed E-state index contributed by atoms with van der Waals surface area (Å²) in [5.74, 6) is 0.521. The quantitative estimate of drug-likeness (QED) is 0.321. The zero-order chi connectivity index (χ0) is 27.2. The Bertz CT molecular complexity index is 1480. The molecular formula is C26H25Cl2N5O5. The van der Waals surface area contributed by atoms with Gasteiger partial charge in [-0.15, -0.1) is 0 Å². The Labute approximate surface area is 229 Å². The molecule has 0 radical (unpaired) electrons. The van der Waals surface area contributed by atoms with Crippen LogP contribution in [0.25, 0.3) is 15.9 Å². The SMILES string of the molecule is C=C(Cl)c1ccn(C2OC(COc3cc4ncc(C#N)c(Cl)c4cc3OC)[C@H]3OC(C)(C)O[C@@H]23)c1/N=C\N. The maximum absolute atomic E-state index is 9.26. The van der Waals surface area contributed by atoms with E-state index >= 15 is 0 Å². The van der Waals surface area contributed by atoms with Crippen LogP contribution in [0.15, 0.2) is 42.2 Å². The van der Waals surface area contributed by atoms with Gasteiger partial charge < -0.3 is 34.0 Å². The number of hydrogen-bond donors (Lipinski definition) is 1. The van der Waals surface area contributed by atoms with Crippen LogP contribution in [0.5, 0.6) is 11.5 Å². The monoisotopic (exact) mass is 557 g/mol. The molecule has 2 unspecified atom stereocenters. The van der Waals surface area contributed by atoms with Gasteiger partial charge in [0.15, 0.2) is 23.5 Å². The standard InChI is InChI=1S/C26H25Cl2N5O5/c1-13(27)15-5-6-33(24(15)32-12-30)25-23-22(37-26(2,3)38-23)20(36-25)11-35-19-8-17-16(7-18(19)34-4)21(28)14(9-29)10-31-17/h5-8,10,12,20,22-23,25H,1,11H2,2-4H3,(H2,30,32)/t20?,22-,23-,25?/m1/s1. The van der Waals surface area contributed by atoms with Gasteiger partial charge in [0.1, 0.15) is 36.8 Å². The predicted octanol–water partition coefficient (Wildman–Crippen LogP) is 4.89. The number of pyridine rings is 1. The molecule has 38 heavy (non-hydrogen) atoms. The van der Waals surface area contributed by atoms with Crippen molar-refractivity contribution >= 4 is 51.3 Å². The molecule has 0 aliphatic carbocycles. The Balaban J connectivity index is 1.44. The second-order valence-electron chi connectivity index (χ2n) is 9.20. The molecule has 198 valence electrons. The average Bonchev–Trinajstić information content (AvgIpc) is 3.53. The molecule has 12 heteroatoms. The van der Waals surface area contributed by atoms with Gasteiger partial charge in [-0.2, -0.15) is 5.26 Å². The highest BCUT2D eigenvalue weighted by Gasteiger charge is 2.56. The van der Waals surface area contributed by atoms with Crippen molar-refractivity contribution in [3.8, 4) is 17.6 Å². The van der Waals surface area contributed by atoms with Crippen molar-refractivity contribution < 1.29 is 23.7 Å². The first-order valence-electron chi connectivity index (χ1n) is 11.7. The van der Waals surface area contributed by atoms with Crippen LogP contribution in [-0.4, -0.2) is 53.7 Å². The first-order chi connectivity index (χ1) is 18.2. The Morgan fingerprint density at radius 1 is 1.34 bits per heavy atom. The Morgan fingerprint density at radius 2 is 2.11 bits per heavy atom. The molecule has 1 aromatic carbocycles. The van der Waals surface area contributed by atoms with Gasteiger partial charge in [0.05, 0.1) is 29.6 Å². The van der Waals surface area contributed by atoms with Gasteiger partial charge >= 0.3 is 0 Å². The van der Waals surface area contributed by atoms with E-state index in [-0.39, 0.29) is 12.2 Å². The molecule has 2 aliphatic rings. The molecule has 4 heterocycles. The van der Waals surface area contributed by atoms with Gasteiger partial charge in [0, 0.05) is 34.4 Å². The lowest BCUT2D eigenvalue weighted by atomic mass is 10.1. The van der Waals surface area contributed by atoms with E-state index in [1.807, 2.05) is 19.9 Å². The number of benzene rings is 1. The Hall–Kier alpha value is -3.33. The predicted molar refractivity (Wildman–Crippen MR) is 143 cm³/mol. The fourth-order valence-corrected chi connectivity index (χ4v) is 5.16. The van der Waals surface area contributed by atoms with Crippen LogP contribution in [0, 0.1) is 11.3 Å². The highest BCUT2D eigenvalue weighted by molar-refractivity contribution is 6.48. The van der Waals surface area contributed by atoms with Crippen molar-refractivity contribution in [2.24, 2.45) is 10.7 Å². The lowest BCUT2D eigenvalue weighted by Gasteiger charge is -2.25. The minimum absolute atomic E-state index is 0.120. The van der Waals surface area contributed by atoms with E-state index < -0.39 is 30.3 Å². The molecular weight excluding hydrogens is 533 g/mol. The van der Waals surface area contributed by atoms with Crippen molar-refractivity contribution in [1.82, 2.24) is 9.55 Å². The molecule has 0 spiro atoms. The number of nitriles is 1. The lowest BCUT2D eigenvalue weighted by molar-refractivity contribution is -0.199. The molecule has 2 N–H and O–H groups in total. The summed E-state index contributed by atoms with van der Waals surface area (Å²) >= 11 is 12.6. The van der Waals surface area contributed by atoms with Gasteiger partial charge in [0.2, 0.25) is 0 Å². The van der Waals surface area contributed by atoms with Crippen LogP contribution in [0.3, 0.4) is 0 Å². The number of halogens is 2. The number of hydrogen-bond acceptors (Lipinski definition) is 8. The fraction of sp³-hybridized carbons (Fsp3) is 0.346. The van der Waals surface area contributed by atoms with Gasteiger partial charge in [-0.3, -0.25) is 4.98 Å². The molecule has 0 saturated carbocycles. The summed E-state index contributed by atoms with van der Waals surface area (Å²) in [6.07, 6.45) is 2.40. The van der Waals surface area contributed by atoms with Crippen molar-refractivity contribution in [3.63, 3.8) is 0 Å². The van der Waals surface area contributed by atoms with Crippen LogP contribution in [0.1, 0.15) is 31.2 Å². The molecule has 2 aliphatic heterocycles. The van der Waals surface area contributed by atoms with Gasteiger partial charge in [-0.05, 0) is 26.0 Å². The Kier molecular flexibility index (Phi) is 6.98. The summed E-state index contributed by atoms with van der Waals surface area (Å²) in [6, 6.07) is 7.22. The van der Waals surface area contributed by atoms with E-state index in [4.69, 9.17) is 52.6 Å². The first kappa shape index (κ1) is 26.3. The minimum Gasteiger partial charge on any atom is -0.493 e. The topological polar surface area (TPSA) is 126 Å². The first-order valence-corrected chi connectivity index (χ1v) is 12.4. The number of aromatic nitrogens is 2. The minimum atomic E-state index is -0.835. The number of nitrogens with zero attached hydrogens (tertiary/aromatic N) is 4. The van der Waals surface area contributed by atoms with Crippen LogP contribution in [0.2, 0.25) is 5.02 Å². The third-order valence-corrected chi connectivity index (χ3v) is 7.00. The van der Waals surface area contributed by atoms with Crippen LogP contribution >= 0.6 is 23.2 Å². The van der Waals surface area contributed by atoms with Crippen LogP contribution in [0.4, 0.5) is 5.82 Å². The van der Waals surface area contributed by atoms with Gasteiger partial charge in [-0.25, -0.2) is 4.99 Å². The summed E-state index contributed by atoms with van der Waals surface area (Å²) < 4.78 is 32.3. The summed E-state index contributed by atoms with van der Waals surface area (Å²) in [6.45, 7) is 7.62. The second-order valence-corrected chi connectivity index (χ2v) is 10.0. The van der Waals surface area contributed by atoms with Gasteiger partial charge in [0.25, 0.3) is 0 Å². The third-order valence-electron chi connectivity index (χ3n) is 6.39. The maximum Gasteiger partial charge on any atom is 0.164 e. The number of nitrogens with two attached hydrogens (primary N) is 1. The molecule has 2 fully saturated rings. The molecule has 2 aromatic heterocycles. The molecule has 0 amide bonds. The van der Waals surface area contributed by atoms with E-state index in [1.54, 1.807) is 29.0 Å². The normalized spacial score (nSPS) is 24.0. The maximum atomic E-state index is 9.26. The van der Waals surface area contributed by atoms with Crippen molar-refractivity contribution in [2.75, 3.05) is 13.7 Å². The largest absolute Gasteiger partial charge is 0.493 e. The van der Waals surface area contributed by atoms with Crippen LogP contribution in [-0.2, 0) is 14.2 Å². The van der Waals surface area contributed by atoms with E-state index in [2.05, 4.69) is 16.6 Å². The second kappa shape index (κ2) is 10.1. The third kappa shape index (κ3) is 4.57. The van der Waals surface area contributed by atoms with E-state index in [9.17, 15) is 5.26 Å². The van der Waals surface area contributed by atoms with E-state index in [0.717, 1.165) is 0 Å². The highest BCUT2D eigenvalue weighted by Crippen LogP contribution is 2.46. The van der Waals surface area contributed by atoms with Crippen molar-refractivity contribution in [3.05, 3.63) is 53.3 Å². The summed E-state index contributed by atoms with van der Waals surface area (Å²) in [4.78, 5) is 8.61. The molecule has 10 nitrogen and oxygen atoms in total. The lowest BCUT2D eigenvalue weighted by Crippen LogP contribution is -2.34. The zero-order valence-corrected chi connectivity index (χ0v) is 22.4. The average molecular weight is 558 g/mol. The number of fused-ring (bicyclic) bond motifs is 2. The molecule has 4 atom stereocenters. The van der Waals surface area contributed by atoms with Crippen molar-refractivity contribution in [1.29, 1.82) is 5.26 Å². The number of ether oxygens (including phenoxy) is 5. The Morgan fingerprint density at radius 3 is 2.79 bits per heavy atom. The van der Waals surface area contributed by atoms with Crippen LogP contribution < -0.4 is 15.2 Å². The zero-order valence-electron chi connectivity index (χ0n) is 20.9. The summed E-state index contributed by atoms with van der Waals surface area (Å²) in [5.41, 5.74) is 7.06. The van der Waals surface area contributed by atoms with Gasteiger partial charge in [-0.1, -0.05) is 29.8 Å². The van der Waals surface area contributed by atoms with E-state index in [0.29, 0.717) is 43.8 Å². The molecule has 0 bridgehead atoms. The number of rotatable bonds is 7. The van der Waals surface area contributed by atoms with E-state index in [1.165, 1.54) is 19.6 Å². The number of methoxy groups -OCH3 is 1. The molecule has 3 aromatic rings. The molecule has 5 rings (SSSR count). The highest BCUT2D eigenvalue weighted by atomic mass is 35.5. The fourth-order valence-electron chi connectivity index (χ4n) is 4.77. The summed E-state index contributed by atoms with van der Waals surface area (Å²) in [5, 5.41) is 10.5. The number of aliphatic imine (C=N–C) groups is 1. The smallest absolute Gasteiger partial charge is 0.164 e.